The molecular weight excluding hydrogens is 270 g/mol. The molecule has 0 saturated carbocycles. The van der Waals surface area contributed by atoms with Crippen LogP contribution >= 0.6 is 23.8 Å². The number of H-pyrrole nitrogens is 1. The second-order valence-corrected chi connectivity index (χ2v) is 4.67. The molecule has 2 aromatic rings. The third-order valence-electron chi connectivity index (χ3n) is 2.45. The highest BCUT2D eigenvalue weighted by Crippen LogP contribution is 2.18. The average molecular weight is 284 g/mol. The van der Waals surface area contributed by atoms with Crippen LogP contribution in [0.25, 0.3) is 0 Å². The summed E-state index contributed by atoms with van der Waals surface area (Å²) in [4.78, 5) is 0. The number of ether oxygens (including phenoxy) is 1. The fourth-order valence-corrected chi connectivity index (χ4v) is 2.04. The number of rotatable bonds is 5. The Hall–Kier alpha value is -1.33. The number of hydrogen-bond donors (Lipinski definition) is 1. The van der Waals surface area contributed by atoms with Gasteiger partial charge in [0, 0.05) is 11.6 Å². The van der Waals surface area contributed by atoms with Crippen molar-refractivity contribution in [3.05, 3.63) is 39.9 Å². The summed E-state index contributed by atoms with van der Waals surface area (Å²) >= 11 is 11.0. The molecule has 0 spiro atoms. The van der Waals surface area contributed by atoms with Crippen LogP contribution in [0.3, 0.4) is 0 Å². The van der Waals surface area contributed by atoms with Gasteiger partial charge in [0.05, 0.1) is 0 Å². The van der Waals surface area contributed by atoms with Crippen LogP contribution in [-0.4, -0.2) is 14.8 Å². The molecule has 1 aromatic heterocycles. The van der Waals surface area contributed by atoms with Crippen molar-refractivity contribution >= 4 is 23.8 Å². The van der Waals surface area contributed by atoms with Gasteiger partial charge in [-0.05, 0) is 36.8 Å². The molecule has 0 atom stereocenters. The number of aromatic nitrogens is 3. The molecule has 1 aromatic carbocycles. The Labute approximate surface area is 116 Å². The Bertz CT molecular complexity index is 579. The normalized spacial score (nSPS) is 10.6. The topological polar surface area (TPSA) is 42.8 Å². The predicted octanol–water partition coefficient (Wildman–Crippen LogP) is 3.58. The summed E-state index contributed by atoms with van der Waals surface area (Å²) in [7, 11) is 0. The van der Waals surface area contributed by atoms with Crippen LogP contribution in [0.15, 0.2) is 24.3 Å². The maximum atomic E-state index is 5.89. The lowest BCUT2D eigenvalue weighted by Crippen LogP contribution is -2.07. The second kappa shape index (κ2) is 6.02. The lowest BCUT2D eigenvalue weighted by Gasteiger charge is -2.07. The highest BCUT2D eigenvalue weighted by molar-refractivity contribution is 7.71. The highest BCUT2D eigenvalue weighted by atomic mass is 35.5. The quantitative estimate of drug-likeness (QED) is 0.853. The van der Waals surface area contributed by atoms with Gasteiger partial charge in [0.25, 0.3) is 0 Å². The number of halogens is 1. The molecule has 1 N–H and O–H groups in total. The smallest absolute Gasteiger partial charge is 0.195 e. The summed E-state index contributed by atoms with van der Waals surface area (Å²) < 4.78 is 8.21. The second-order valence-electron chi connectivity index (χ2n) is 3.84. The van der Waals surface area contributed by atoms with E-state index in [1.165, 1.54) is 0 Å². The van der Waals surface area contributed by atoms with E-state index in [2.05, 4.69) is 17.1 Å². The van der Waals surface area contributed by atoms with Gasteiger partial charge in [0.1, 0.15) is 12.4 Å². The van der Waals surface area contributed by atoms with Gasteiger partial charge in [-0.15, -0.1) is 0 Å². The lowest BCUT2D eigenvalue weighted by molar-refractivity contribution is 0.288. The number of nitrogens with one attached hydrogen (secondary N) is 1. The Morgan fingerprint density at radius 1 is 1.50 bits per heavy atom. The molecule has 6 heteroatoms. The minimum absolute atomic E-state index is 0.369. The molecular formula is C12H14ClN3OS. The first-order chi connectivity index (χ1) is 8.70. The number of nitrogens with zero attached hydrogens (tertiary/aromatic N) is 2. The molecule has 96 valence electrons. The molecule has 0 fully saturated rings. The van der Waals surface area contributed by atoms with Crippen LogP contribution in [0, 0.1) is 4.77 Å². The predicted molar refractivity (Wildman–Crippen MR) is 73.5 cm³/mol. The summed E-state index contributed by atoms with van der Waals surface area (Å²) in [6.45, 7) is 3.30. The summed E-state index contributed by atoms with van der Waals surface area (Å²) in [5.41, 5.74) is 0. The molecule has 1 heterocycles. The Morgan fingerprint density at radius 3 is 3.06 bits per heavy atom. The first-order valence-electron chi connectivity index (χ1n) is 5.73. The largest absolute Gasteiger partial charge is 0.486 e. The van der Waals surface area contributed by atoms with Crippen molar-refractivity contribution in [3.8, 4) is 5.75 Å². The molecule has 0 unspecified atom stereocenters. The van der Waals surface area contributed by atoms with Gasteiger partial charge in [-0.1, -0.05) is 24.6 Å². The molecule has 0 radical (unpaired) electrons. The highest BCUT2D eigenvalue weighted by Gasteiger charge is 2.06. The van der Waals surface area contributed by atoms with E-state index in [9.17, 15) is 0 Å². The van der Waals surface area contributed by atoms with Gasteiger partial charge in [-0.25, -0.2) is 0 Å². The Morgan fingerprint density at radius 2 is 2.33 bits per heavy atom. The molecule has 0 aliphatic rings. The molecule has 0 bridgehead atoms. The van der Waals surface area contributed by atoms with E-state index in [0.717, 1.165) is 24.5 Å². The summed E-state index contributed by atoms with van der Waals surface area (Å²) in [5, 5.41) is 7.59. The van der Waals surface area contributed by atoms with Crippen molar-refractivity contribution in [2.75, 3.05) is 0 Å². The first-order valence-corrected chi connectivity index (χ1v) is 6.51. The van der Waals surface area contributed by atoms with Crippen LogP contribution in [-0.2, 0) is 13.2 Å². The third-order valence-corrected chi connectivity index (χ3v) is 3.00. The number of benzene rings is 1. The summed E-state index contributed by atoms with van der Waals surface area (Å²) in [5.74, 6) is 1.52. The minimum atomic E-state index is 0.369. The third kappa shape index (κ3) is 3.11. The number of hydrogen-bond acceptors (Lipinski definition) is 3. The fourth-order valence-electron chi connectivity index (χ4n) is 1.62. The van der Waals surface area contributed by atoms with Crippen molar-refractivity contribution in [2.45, 2.75) is 26.5 Å². The van der Waals surface area contributed by atoms with Crippen molar-refractivity contribution in [3.63, 3.8) is 0 Å². The average Bonchev–Trinajstić information content (AvgIpc) is 2.69. The molecule has 0 amide bonds. The van der Waals surface area contributed by atoms with E-state index in [0.29, 0.717) is 16.4 Å². The Balaban J connectivity index is 2.08. The van der Waals surface area contributed by atoms with Gasteiger partial charge in [-0.3, -0.25) is 5.10 Å². The van der Waals surface area contributed by atoms with Gasteiger partial charge >= 0.3 is 0 Å². The molecule has 0 aliphatic carbocycles. The molecule has 0 aliphatic heterocycles. The molecule has 18 heavy (non-hydrogen) atoms. The van der Waals surface area contributed by atoms with Gasteiger partial charge in [-0.2, -0.15) is 5.10 Å². The first kappa shape index (κ1) is 13.1. The van der Waals surface area contributed by atoms with Crippen LogP contribution < -0.4 is 4.74 Å². The van der Waals surface area contributed by atoms with Crippen LogP contribution in [0.4, 0.5) is 0 Å². The van der Waals surface area contributed by atoms with Crippen LogP contribution in [0.2, 0.25) is 5.02 Å². The van der Waals surface area contributed by atoms with Gasteiger partial charge in [0.2, 0.25) is 0 Å². The monoisotopic (exact) mass is 283 g/mol. The zero-order valence-electron chi connectivity index (χ0n) is 10.0. The van der Waals surface area contributed by atoms with Crippen LogP contribution in [0.1, 0.15) is 19.2 Å². The van der Waals surface area contributed by atoms with Gasteiger partial charge in [0.15, 0.2) is 10.6 Å². The zero-order chi connectivity index (χ0) is 13.0. The van der Waals surface area contributed by atoms with Crippen molar-refractivity contribution < 1.29 is 4.74 Å². The summed E-state index contributed by atoms with van der Waals surface area (Å²) in [6.07, 6.45) is 0.998. The van der Waals surface area contributed by atoms with Crippen molar-refractivity contribution in [1.82, 2.24) is 14.8 Å². The van der Waals surface area contributed by atoms with E-state index in [-0.39, 0.29) is 0 Å². The maximum absolute atomic E-state index is 5.89. The maximum Gasteiger partial charge on any atom is 0.195 e. The number of aromatic amines is 1. The van der Waals surface area contributed by atoms with E-state index in [1.807, 2.05) is 22.8 Å². The van der Waals surface area contributed by atoms with E-state index < -0.39 is 0 Å². The van der Waals surface area contributed by atoms with Crippen molar-refractivity contribution in [1.29, 1.82) is 0 Å². The minimum Gasteiger partial charge on any atom is -0.486 e. The fraction of sp³-hybridized carbons (Fsp3) is 0.333. The Kier molecular flexibility index (Phi) is 4.38. The molecule has 0 saturated heterocycles. The molecule has 2 rings (SSSR count). The van der Waals surface area contributed by atoms with E-state index in [4.69, 9.17) is 28.6 Å². The molecule has 4 nitrogen and oxygen atoms in total. The summed E-state index contributed by atoms with van der Waals surface area (Å²) in [6, 6.07) is 7.28. The lowest BCUT2D eigenvalue weighted by atomic mass is 10.3. The standard InChI is InChI=1S/C12H14ClN3OS/c1-2-6-16-11(14-15-12(16)18)8-17-10-5-3-4-9(13)7-10/h3-5,7H,2,6,8H2,1H3,(H,15,18). The van der Waals surface area contributed by atoms with E-state index in [1.54, 1.807) is 6.07 Å². The van der Waals surface area contributed by atoms with Gasteiger partial charge < -0.3 is 9.30 Å². The van der Waals surface area contributed by atoms with Crippen LogP contribution in [0.5, 0.6) is 5.75 Å². The SMILES string of the molecule is CCCn1c(COc2cccc(Cl)c2)n[nH]c1=S. The van der Waals surface area contributed by atoms with E-state index >= 15 is 0 Å². The van der Waals surface area contributed by atoms with Crippen molar-refractivity contribution in [2.24, 2.45) is 0 Å². The zero-order valence-corrected chi connectivity index (χ0v) is 11.6.